The highest BCUT2D eigenvalue weighted by Gasteiger charge is 2.39. The maximum absolute atomic E-state index is 12.7. The first kappa shape index (κ1) is 26.3. The van der Waals surface area contributed by atoms with E-state index in [0.29, 0.717) is 6.42 Å². The van der Waals surface area contributed by atoms with Crippen LogP contribution in [0, 0.1) is 11.3 Å². The van der Waals surface area contributed by atoms with Crippen molar-refractivity contribution in [3.8, 4) is 11.1 Å². The summed E-state index contributed by atoms with van der Waals surface area (Å²) < 4.78 is 5.60. The number of carbonyl (C=O) groups is 3. The maximum atomic E-state index is 12.7. The van der Waals surface area contributed by atoms with Crippen LogP contribution in [0.2, 0.25) is 0 Å². The number of aliphatic carboxylic acids is 1. The highest BCUT2D eigenvalue weighted by Crippen LogP contribution is 2.44. The van der Waals surface area contributed by atoms with Crippen LogP contribution in [0.25, 0.3) is 11.1 Å². The minimum atomic E-state index is -1.12. The van der Waals surface area contributed by atoms with Crippen LogP contribution in [0.5, 0.6) is 0 Å². The fraction of sp³-hybridized carbons (Fsp3) is 0.464. The molecule has 2 aromatic carbocycles. The lowest BCUT2D eigenvalue weighted by atomic mass is 9.78. The second-order valence-electron chi connectivity index (χ2n) is 10.1. The Morgan fingerprint density at radius 3 is 2.00 bits per heavy atom. The third kappa shape index (κ3) is 5.84. The van der Waals surface area contributed by atoms with Crippen molar-refractivity contribution in [2.45, 2.75) is 65.5 Å². The predicted octanol–water partition coefficient (Wildman–Crippen LogP) is 4.95. The van der Waals surface area contributed by atoms with E-state index in [-0.39, 0.29) is 30.8 Å². The number of hydrogen-bond donors (Lipinski definition) is 3. The van der Waals surface area contributed by atoms with E-state index in [4.69, 9.17) is 4.74 Å². The highest BCUT2D eigenvalue weighted by molar-refractivity contribution is 5.81. The Bertz CT molecular complexity index is 1030. The zero-order valence-corrected chi connectivity index (χ0v) is 21.1. The van der Waals surface area contributed by atoms with Crippen LogP contribution in [-0.2, 0) is 14.3 Å². The molecule has 0 saturated heterocycles. The van der Waals surface area contributed by atoms with Gasteiger partial charge in [0.25, 0.3) is 0 Å². The van der Waals surface area contributed by atoms with Crippen molar-refractivity contribution >= 4 is 18.0 Å². The van der Waals surface area contributed by atoms with Crippen LogP contribution in [0.1, 0.15) is 64.5 Å². The SMILES string of the molecule is CC[C@H](CC(=O)NC(C(C)C)C(C)(C)C(=O)O)NC(=O)OCC1c2ccccc2-c2ccccc21. The molecule has 0 aromatic heterocycles. The Labute approximate surface area is 207 Å². The molecule has 0 heterocycles. The van der Waals surface area contributed by atoms with Gasteiger partial charge in [0.2, 0.25) is 5.91 Å². The molecule has 7 nitrogen and oxygen atoms in total. The molecule has 1 aliphatic rings. The predicted molar refractivity (Wildman–Crippen MR) is 135 cm³/mol. The fourth-order valence-electron chi connectivity index (χ4n) is 4.87. The van der Waals surface area contributed by atoms with Crippen molar-refractivity contribution in [1.29, 1.82) is 0 Å². The molecule has 2 amide bonds. The summed E-state index contributed by atoms with van der Waals surface area (Å²) in [6, 6.07) is 15.3. The van der Waals surface area contributed by atoms with E-state index in [0.717, 1.165) is 22.3 Å². The van der Waals surface area contributed by atoms with Gasteiger partial charge in [-0.2, -0.15) is 0 Å². The number of rotatable bonds is 10. The van der Waals surface area contributed by atoms with Gasteiger partial charge in [-0.05, 0) is 48.4 Å². The number of amides is 2. The van der Waals surface area contributed by atoms with Crippen molar-refractivity contribution in [2.24, 2.45) is 11.3 Å². The zero-order chi connectivity index (χ0) is 25.8. The molecular formula is C28H36N2O5. The Morgan fingerprint density at radius 2 is 1.51 bits per heavy atom. The average Bonchev–Trinajstić information content (AvgIpc) is 3.14. The molecule has 0 radical (unpaired) electrons. The minimum Gasteiger partial charge on any atom is -0.481 e. The minimum absolute atomic E-state index is 0.0402. The lowest BCUT2D eigenvalue weighted by Gasteiger charge is -2.34. The number of alkyl carbamates (subject to hydrolysis) is 1. The first-order valence-electron chi connectivity index (χ1n) is 12.2. The van der Waals surface area contributed by atoms with Gasteiger partial charge >= 0.3 is 12.1 Å². The number of carboxylic acid groups (broad SMARTS) is 1. The summed E-state index contributed by atoms with van der Waals surface area (Å²) in [6.45, 7) is 9.04. The smallest absolute Gasteiger partial charge is 0.407 e. The van der Waals surface area contributed by atoms with Crippen LogP contribution < -0.4 is 10.6 Å². The van der Waals surface area contributed by atoms with Gasteiger partial charge in [0, 0.05) is 24.4 Å². The Balaban J connectivity index is 1.58. The monoisotopic (exact) mass is 480 g/mol. The standard InChI is InChI=1S/C28H36N2O5/c1-6-18(15-24(31)30-25(17(2)3)28(4,5)26(32)33)29-27(34)35-16-23-21-13-9-7-11-19(21)20-12-8-10-14-22(20)23/h7-14,17-18,23,25H,6,15-16H2,1-5H3,(H,29,34)(H,30,31)(H,32,33)/t18-,25?/m1/s1. The van der Waals surface area contributed by atoms with E-state index in [1.165, 1.54) is 0 Å². The Hall–Kier alpha value is -3.35. The topological polar surface area (TPSA) is 105 Å². The van der Waals surface area contributed by atoms with E-state index in [1.807, 2.05) is 45.0 Å². The molecule has 0 aliphatic heterocycles. The third-order valence-corrected chi connectivity index (χ3v) is 6.90. The Morgan fingerprint density at radius 1 is 0.971 bits per heavy atom. The average molecular weight is 481 g/mol. The number of nitrogens with one attached hydrogen (secondary N) is 2. The normalized spacial score (nSPS) is 14.6. The van der Waals surface area contributed by atoms with Crippen LogP contribution in [0.15, 0.2) is 48.5 Å². The Kier molecular flexibility index (Phi) is 8.20. The van der Waals surface area contributed by atoms with Crippen molar-refractivity contribution in [1.82, 2.24) is 10.6 Å². The quantitative estimate of drug-likeness (QED) is 0.447. The van der Waals surface area contributed by atoms with Gasteiger partial charge in [-0.3, -0.25) is 9.59 Å². The molecule has 35 heavy (non-hydrogen) atoms. The summed E-state index contributed by atoms with van der Waals surface area (Å²) in [5.41, 5.74) is 3.46. The molecular weight excluding hydrogens is 444 g/mol. The molecule has 3 N–H and O–H groups in total. The van der Waals surface area contributed by atoms with E-state index in [9.17, 15) is 19.5 Å². The second kappa shape index (κ2) is 10.9. The molecule has 0 bridgehead atoms. The first-order chi connectivity index (χ1) is 16.6. The van der Waals surface area contributed by atoms with Crippen molar-refractivity contribution < 1.29 is 24.2 Å². The lowest BCUT2D eigenvalue weighted by Crippen LogP contribution is -2.52. The van der Waals surface area contributed by atoms with Crippen LogP contribution in [-0.4, -0.2) is 41.8 Å². The summed E-state index contributed by atoms with van der Waals surface area (Å²) in [6.07, 6.45) is 0.00380. The summed E-state index contributed by atoms with van der Waals surface area (Å²) >= 11 is 0. The number of fused-ring (bicyclic) bond motifs is 3. The highest BCUT2D eigenvalue weighted by atomic mass is 16.5. The third-order valence-electron chi connectivity index (χ3n) is 6.90. The van der Waals surface area contributed by atoms with E-state index >= 15 is 0 Å². The van der Waals surface area contributed by atoms with Gasteiger partial charge in [-0.15, -0.1) is 0 Å². The second-order valence-corrected chi connectivity index (χ2v) is 10.1. The van der Waals surface area contributed by atoms with E-state index in [2.05, 4.69) is 34.9 Å². The molecule has 188 valence electrons. The van der Waals surface area contributed by atoms with Crippen LogP contribution in [0.4, 0.5) is 4.79 Å². The molecule has 1 unspecified atom stereocenters. The fourth-order valence-corrected chi connectivity index (χ4v) is 4.87. The van der Waals surface area contributed by atoms with Crippen molar-refractivity contribution in [3.05, 3.63) is 59.7 Å². The van der Waals surface area contributed by atoms with Crippen LogP contribution in [0.3, 0.4) is 0 Å². The number of carboxylic acids is 1. The largest absolute Gasteiger partial charge is 0.481 e. The maximum Gasteiger partial charge on any atom is 0.407 e. The number of carbonyl (C=O) groups excluding carboxylic acids is 2. The first-order valence-corrected chi connectivity index (χ1v) is 12.2. The summed E-state index contributed by atoms with van der Waals surface area (Å²) in [4.78, 5) is 37.0. The molecule has 7 heteroatoms. The molecule has 3 rings (SSSR count). The van der Waals surface area contributed by atoms with Gasteiger partial charge in [-0.25, -0.2) is 4.79 Å². The summed E-state index contributed by atoms with van der Waals surface area (Å²) in [5.74, 6) is -1.38. The van der Waals surface area contributed by atoms with Gasteiger partial charge in [0.15, 0.2) is 0 Å². The molecule has 0 spiro atoms. The molecule has 2 atom stereocenters. The summed E-state index contributed by atoms with van der Waals surface area (Å²) in [5, 5.41) is 15.2. The molecule has 2 aromatic rings. The molecule has 0 saturated carbocycles. The van der Waals surface area contributed by atoms with Crippen molar-refractivity contribution in [2.75, 3.05) is 6.61 Å². The van der Waals surface area contributed by atoms with Crippen LogP contribution >= 0.6 is 0 Å². The van der Waals surface area contributed by atoms with Crippen molar-refractivity contribution in [3.63, 3.8) is 0 Å². The van der Waals surface area contributed by atoms with Gasteiger partial charge in [0.05, 0.1) is 5.41 Å². The lowest BCUT2D eigenvalue weighted by molar-refractivity contribution is -0.150. The van der Waals surface area contributed by atoms with Gasteiger partial charge in [-0.1, -0.05) is 69.3 Å². The van der Waals surface area contributed by atoms with E-state index in [1.54, 1.807) is 13.8 Å². The summed E-state index contributed by atoms with van der Waals surface area (Å²) in [7, 11) is 0. The molecule has 0 fully saturated rings. The zero-order valence-electron chi connectivity index (χ0n) is 21.1. The van der Waals surface area contributed by atoms with Gasteiger partial charge < -0.3 is 20.5 Å². The van der Waals surface area contributed by atoms with E-state index < -0.39 is 29.6 Å². The molecule has 1 aliphatic carbocycles. The number of benzene rings is 2. The number of hydrogen-bond acceptors (Lipinski definition) is 4. The number of ether oxygens (including phenoxy) is 1. The van der Waals surface area contributed by atoms with Gasteiger partial charge in [0.1, 0.15) is 6.61 Å².